The van der Waals surface area contributed by atoms with E-state index in [1.165, 1.54) is 35.1 Å². The molecule has 1 aromatic heterocycles. The Hall–Kier alpha value is -1.79. The van der Waals surface area contributed by atoms with Gasteiger partial charge in [0.25, 0.3) is 0 Å². The second-order valence-corrected chi connectivity index (χ2v) is 8.29. The quantitative estimate of drug-likeness (QED) is 0.773. The molecule has 2 aromatic rings. The van der Waals surface area contributed by atoms with Gasteiger partial charge in [-0.3, -0.25) is 15.3 Å². The fraction of sp³-hybridized carbons (Fsp3) is 0.522. The maximum absolute atomic E-state index is 5.94. The molecule has 2 aliphatic rings. The van der Waals surface area contributed by atoms with Crippen LogP contribution in [0.1, 0.15) is 41.1 Å². The van der Waals surface area contributed by atoms with Gasteiger partial charge in [0, 0.05) is 51.1 Å². The largest absolute Gasteiger partial charge is 0.377 e. The average molecular weight is 381 g/mol. The minimum absolute atomic E-state index is 0.337. The predicted octanol–water partition coefficient (Wildman–Crippen LogP) is 3.14. The summed E-state index contributed by atoms with van der Waals surface area (Å²) in [6.07, 6.45) is 6.50. The van der Waals surface area contributed by atoms with E-state index in [4.69, 9.17) is 4.74 Å². The number of pyridine rings is 1. The van der Waals surface area contributed by atoms with E-state index < -0.39 is 0 Å². The molecule has 2 fully saturated rings. The predicted molar refractivity (Wildman–Crippen MR) is 112 cm³/mol. The number of aromatic nitrogens is 1. The maximum atomic E-state index is 5.94. The Labute approximate surface area is 168 Å². The van der Waals surface area contributed by atoms with Gasteiger partial charge < -0.3 is 4.74 Å². The van der Waals surface area contributed by atoms with Crippen molar-refractivity contribution in [3.8, 4) is 0 Å². The van der Waals surface area contributed by atoms with Crippen molar-refractivity contribution in [1.29, 1.82) is 0 Å². The highest BCUT2D eigenvalue weighted by Gasteiger charge is 2.31. The van der Waals surface area contributed by atoms with Crippen LogP contribution in [0.5, 0.6) is 0 Å². The summed E-state index contributed by atoms with van der Waals surface area (Å²) in [5.41, 5.74) is 12.3. The zero-order valence-electron chi connectivity index (χ0n) is 17.0. The number of hydrazine groups is 1. The maximum Gasteiger partial charge on any atom is 0.0702 e. The number of hydrogen-bond donors (Lipinski definition) is 2. The highest BCUT2D eigenvalue weighted by Crippen LogP contribution is 2.28. The molecule has 0 bridgehead atoms. The summed E-state index contributed by atoms with van der Waals surface area (Å²) in [4.78, 5) is 6.73. The second kappa shape index (κ2) is 9.14. The van der Waals surface area contributed by atoms with Gasteiger partial charge in [0.15, 0.2) is 0 Å². The first kappa shape index (κ1) is 19.5. The van der Waals surface area contributed by atoms with Crippen LogP contribution in [0.3, 0.4) is 0 Å². The van der Waals surface area contributed by atoms with E-state index in [-0.39, 0.29) is 0 Å². The van der Waals surface area contributed by atoms with E-state index in [9.17, 15) is 0 Å². The second-order valence-electron chi connectivity index (χ2n) is 8.29. The summed E-state index contributed by atoms with van der Waals surface area (Å²) in [6, 6.07) is 11.4. The molecule has 0 spiro atoms. The van der Waals surface area contributed by atoms with Crippen LogP contribution in [-0.2, 0) is 11.3 Å². The van der Waals surface area contributed by atoms with Gasteiger partial charge in [-0.05, 0) is 61.1 Å². The first-order valence-electron chi connectivity index (χ1n) is 10.5. The molecular weight excluding hydrogens is 348 g/mol. The van der Waals surface area contributed by atoms with Crippen LogP contribution in [0.2, 0.25) is 0 Å². The third kappa shape index (κ3) is 4.78. The number of rotatable bonds is 7. The smallest absolute Gasteiger partial charge is 0.0702 e. The molecule has 2 N–H and O–H groups in total. The number of aryl methyl sites for hydroxylation is 2. The van der Waals surface area contributed by atoms with Crippen LogP contribution < -0.4 is 10.9 Å². The monoisotopic (exact) mass is 380 g/mol. The zero-order chi connectivity index (χ0) is 19.3. The third-order valence-electron chi connectivity index (χ3n) is 6.12. The Bertz CT molecular complexity index is 760. The molecule has 0 radical (unpaired) electrons. The molecule has 5 heteroatoms. The lowest BCUT2D eigenvalue weighted by Gasteiger charge is -2.30. The van der Waals surface area contributed by atoms with Crippen LogP contribution in [-0.4, -0.2) is 42.2 Å². The van der Waals surface area contributed by atoms with Crippen molar-refractivity contribution in [1.82, 2.24) is 20.7 Å². The highest BCUT2D eigenvalue weighted by atomic mass is 16.5. The molecule has 3 atom stereocenters. The Morgan fingerprint density at radius 3 is 2.71 bits per heavy atom. The molecule has 150 valence electrons. The lowest BCUT2D eigenvalue weighted by Crippen LogP contribution is -2.37. The third-order valence-corrected chi connectivity index (χ3v) is 6.12. The van der Waals surface area contributed by atoms with Crippen LogP contribution in [0.4, 0.5) is 0 Å². The number of benzene rings is 1. The van der Waals surface area contributed by atoms with Crippen LogP contribution in [0.15, 0.2) is 42.7 Å². The summed E-state index contributed by atoms with van der Waals surface area (Å²) in [5.74, 6) is 0.519. The molecule has 3 heterocycles. The Balaban J connectivity index is 1.48. The molecule has 5 nitrogen and oxygen atoms in total. The zero-order valence-corrected chi connectivity index (χ0v) is 17.0. The summed E-state index contributed by atoms with van der Waals surface area (Å²) in [6.45, 7) is 9.25. The van der Waals surface area contributed by atoms with Crippen molar-refractivity contribution in [2.45, 2.75) is 45.4 Å². The number of ether oxygens (including phenoxy) is 1. The van der Waals surface area contributed by atoms with Crippen molar-refractivity contribution < 1.29 is 4.74 Å². The normalized spacial score (nSPS) is 24.9. The highest BCUT2D eigenvalue weighted by molar-refractivity contribution is 5.32. The van der Waals surface area contributed by atoms with Crippen molar-refractivity contribution in [2.75, 3.05) is 26.2 Å². The first-order valence-corrected chi connectivity index (χ1v) is 10.5. The van der Waals surface area contributed by atoms with Gasteiger partial charge in [-0.1, -0.05) is 18.2 Å². The standard InChI is InChI=1S/C23H32N4O/c1-17-5-6-20(12-18(17)2)23-21(13-25-26-23)15-27(16-22-4-3-11-28-22)14-19-7-9-24-10-8-19/h5-10,12,21-23,25-26H,3-4,11,13-16H2,1-2H3. The van der Waals surface area contributed by atoms with E-state index in [0.29, 0.717) is 18.1 Å². The molecule has 0 saturated carbocycles. The first-order chi connectivity index (χ1) is 13.7. The topological polar surface area (TPSA) is 49.4 Å². The lowest BCUT2D eigenvalue weighted by molar-refractivity contribution is 0.0643. The minimum Gasteiger partial charge on any atom is -0.377 e. The Morgan fingerprint density at radius 2 is 1.96 bits per heavy atom. The number of nitrogens with one attached hydrogen (secondary N) is 2. The van der Waals surface area contributed by atoms with Crippen molar-refractivity contribution in [2.24, 2.45) is 5.92 Å². The van der Waals surface area contributed by atoms with E-state index in [2.05, 4.69) is 64.9 Å². The van der Waals surface area contributed by atoms with Gasteiger partial charge >= 0.3 is 0 Å². The minimum atomic E-state index is 0.337. The van der Waals surface area contributed by atoms with E-state index in [1.807, 2.05) is 12.4 Å². The van der Waals surface area contributed by atoms with Gasteiger partial charge in [0.1, 0.15) is 0 Å². The van der Waals surface area contributed by atoms with Gasteiger partial charge in [-0.2, -0.15) is 0 Å². The summed E-state index contributed by atoms with van der Waals surface area (Å²) in [5, 5.41) is 0. The molecular formula is C23H32N4O. The molecule has 28 heavy (non-hydrogen) atoms. The summed E-state index contributed by atoms with van der Waals surface area (Å²) in [7, 11) is 0. The Morgan fingerprint density at radius 1 is 1.11 bits per heavy atom. The molecule has 0 amide bonds. The average Bonchev–Trinajstić information content (AvgIpc) is 3.37. The Kier molecular flexibility index (Phi) is 6.37. The van der Waals surface area contributed by atoms with Crippen molar-refractivity contribution in [3.05, 3.63) is 65.0 Å². The van der Waals surface area contributed by atoms with E-state index >= 15 is 0 Å². The molecule has 4 rings (SSSR count). The molecule has 0 aliphatic carbocycles. The molecule has 3 unspecified atom stereocenters. The van der Waals surface area contributed by atoms with E-state index in [1.54, 1.807) is 0 Å². The fourth-order valence-corrected chi connectivity index (χ4v) is 4.38. The van der Waals surface area contributed by atoms with Crippen molar-refractivity contribution in [3.63, 3.8) is 0 Å². The summed E-state index contributed by atoms with van der Waals surface area (Å²) < 4.78 is 5.94. The van der Waals surface area contributed by atoms with Crippen LogP contribution >= 0.6 is 0 Å². The number of nitrogens with zero attached hydrogens (tertiary/aromatic N) is 2. The van der Waals surface area contributed by atoms with Crippen LogP contribution in [0, 0.1) is 19.8 Å². The summed E-state index contributed by atoms with van der Waals surface area (Å²) >= 11 is 0. The lowest BCUT2D eigenvalue weighted by atomic mass is 9.92. The van der Waals surface area contributed by atoms with Gasteiger partial charge in [0.2, 0.25) is 0 Å². The molecule has 2 saturated heterocycles. The van der Waals surface area contributed by atoms with Gasteiger partial charge in [-0.25, -0.2) is 5.43 Å². The van der Waals surface area contributed by atoms with E-state index in [0.717, 1.165) is 32.8 Å². The fourth-order valence-electron chi connectivity index (χ4n) is 4.38. The SMILES string of the molecule is Cc1ccc(C2NNCC2CN(Cc2ccncc2)CC2CCCO2)cc1C. The van der Waals surface area contributed by atoms with Gasteiger partial charge in [0.05, 0.1) is 12.1 Å². The molecule has 1 aromatic carbocycles. The molecule has 2 aliphatic heterocycles. The number of hydrogen-bond acceptors (Lipinski definition) is 5. The van der Waals surface area contributed by atoms with Gasteiger partial charge in [-0.15, -0.1) is 0 Å². The van der Waals surface area contributed by atoms with Crippen molar-refractivity contribution >= 4 is 0 Å². The van der Waals surface area contributed by atoms with Crippen LogP contribution in [0.25, 0.3) is 0 Å².